The number of amides is 1. The minimum atomic E-state index is -3.79. The molecule has 0 fully saturated rings. The van der Waals surface area contributed by atoms with Gasteiger partial charge in [-0.15, -0.1) is 6.58 Å². The van der Waals surface area contributed by atoms with Crippen LogP contribution in [0.4, 0.5) is 5.69 Å². The second-order valence-corrected chi connectivity index (χ2v) is 11.2. The second kappa shape index (κ2) is 10.4. The predicted molar refractivity (Wildman–Crippen MR) is 143 cm³/mol. The zero-order valence-corrected chi connectivity index (χ0v) is 21.8. The van der Waals surface area contributed by atoms with Crippen LogP contribution >= 0.6 is 34.5 Å². The minimum absolute atomic E-state index is 0.0877. The molecule has 0 N–H and O–H groups in total. The summed E-state index contributed by atoms with van der Waals surface area (Å²) in [6.45, 7) is 6.21. The molecular formula is C25H21Cl2N3O3S2. The number of halogens is 2. The Morgan fingerprint density at radius 1 is 1.11 bits per heavy atom. The number of hydrogen-bond acceptors (Lipinski definition) is 4. The van der Waals surface area contributed by atoms with Crippen molar-refractivity contribution >= 4 is 66.4 Å². The van der Waals surface area contributed by atoms with Crippen molar-refractivity contribution in [3.8, 4) is 0 Å². The topological polar surface area (TPSA) is 71.7 Å². The van der Waals surface area contributed by atoms with Gasteiger partial charge in [-0.1, -0.05) is 58.8 Å². The lowest BCUT2D eigenvalue weighted by Crippen LogP contribution is -2.30. The number of aromatic nitrogens is 1. The van der Waals surface area contributed by atoms with Crippen molar-refractivity contribution < 1.29 is 13.2 Å². The summed E-state index contributed by atoms with van der Waals surface area (Å²) in [7, 11) is -3.79. The first-order chi connectivity index (χ1) is 16.8. The Kier molecular flexibility index (Phi) is 7.47. The number of carbonyl (C=O) groups is 1. The van der Waals surface area contributed by atoms with Gasteiger partial charge in [0.1, 0.15) is 0 Å². The summed E-state index contributed by atoms with van der Waals surface area (Å²) in [6, 6.07) is 18.0. The number of benzene rings is 3. The molecule has 0 aliphatic rings. The van der Waals surface area contributed by atoms with E-state index >= 15 is 0 Å². The summed E-state index contributed by atoms with van der Waals surface area (Å²) in [5, 5.41) is 0.939. The van der Waals surface area contributed by atoms with Crippen LogP contribution in [0.25, 0.3) is 10.2 Å². The average molecular weight is 547 g/mol. The van der Waals surface area contributed by atoms with Gasteiger partial charge in [-0.2, -0.15) is 4.99 Å². The van der Waals surface area contributed by atoms with Gasteiger partial charge in [-0.25, -0.2) is 8.42 Å². The standard InChI is InChI=1S/C25H21Cl2N3O3S2/c1-3-14-29-23-21(27)15-18(26)16-22(23)34-25(29)28-24(31)17-10-12-20(13-11-17)35(32,33)30(4-2)19-8-6-5-7-9-19/h3,5-13,15-16H,1,4,14H2,2H3. The fraction of sp³-hybridized carbons (Fsp3) is 0.120. The van der Waals surface area contributed by atoms with E-state index < -0.39 is 15.9 Å². The minimum Gasteiger partial charge on any atom is -0.311 e. The smallest absolute Gasteiger partial charge is 0.279 e. The largest absolute Gasteiger partial charge is 0.311 e. The molecule has 0 aliphatic heterocycles. The van der Waals surface area contributed by atoms with Crippen molar-refractivity contribution in [3.63, 3.8) is 0 Å². The molecule has 0 atom stereocenters. The van der Waals surface area contributed by atoms with Crippen LogP contribution in [0, 0.1) is 0 Å². The third-order valence-electron chi connectivity index (χ3n) is 5.22. The summed E-state index contributed by atoms with van der Waals surface area (Å²) in [5.74, 6) is -0.504. The maximum absolute atomic E-state index is 13.2. The quantitative estimate of drug-likeness (QED) is 0.261. The molecule has 4 aromatic rings. The lowest BCUT2D eigenvalue weighted by molar-refractivity contribution is 0.0998. The molecule has 0 radical (unpaired) electrons. The van der Waals surface area contributed by atoms with E-state index in [0.717, 1.165) is 10.2 Å². The first kappa shape index (κ1) is 25.2. The Hall–Kier alpha value is -2.91. The Balaban J connectivity index is 1.70. The Morgan fingerprint density at radius 3 is 2.43 bits per heavy atom. The highest BCUT2D eigenvalue weighted by Gasteiger charge is 2.23. The highest BCUT2D eigenvalue weighted by atomic mass is 35.5. The van der Waals surface area contributed by atoms with Gasteiger partial charge in [0.15, 0.2) is 4.80 Å². The van der Waals surface area contributed by atoms with Gasteiger partial charge in [-0.05, 0) is 55.5 Å². The predicted octanol–water partition coefficient (Wildman–Crippen LogP) is 6.15. The Labute approximate surface area is 217 Å². The highest BCUT2D eigenvalue weighted by Crippen LogP contribution is 2.30. The van der Waals surface area contributed by atoms with Crippen LogP contribution in [0.3, 0.4) is 0 Å². The zero-order chi connectivity index (χ0) is 25.2. The molecule has 35 heavy (non-hydrogen) atoms. The monoisotopic (exact) mass is 545 g/mol. The van der Waals surface area contributed by atoms with Gasteiger partial charge >= 0.3 is 0 Å². The SMILES string of the molecule is C=CCn1c(=NC(=O)c2ccc(S(=O)(=O)N(CC)c3ccccc3)cc2)sc2cc(Cl)cc(Cl)c21. The number of fused-ring (bicyclic) bond motifs is 1. The van der Waals surface area contributed by atoms with Crippen LogP contribution in [-0.4, -0.2) is 25.4 Å². The number of thiazole rings is 1. The summed E-state index contributed by atoms with van der Waals surface area (Å²) >= 11 is 13.8. The summed E-state index contributed by atoms with van der Waals surface area (Å²) in [4.78, 5) is 17.8. The molecule has 4 rings (SSSR count). The summed E-state index contributed by atoms with van der Waals surface area (Å²) in [6.07, 6.45) is 1.69. The third-order valence-corrected chi connectivity index (χ3v) is 8.67. The van der Waals surface area contributed by atoms with E-state index in [-0.39, 0.29) is 17.0 Å². The molecule has 1 heterocycles. The van der Waals surface area contributed by atoms with Crippen LogP contribution in [0.2, 0.25) is 10.0 Å². The molecular weight excluding hydrogens is 525 g/mol. The number of anilines is 1. The normalized spacial score (nSPS) is 12.1. The van der Waals surface area contributed by atoms with Crippen LogP contribution in [0.1, 0.15) is 17.3 Å². The van der Waals surface area contributed by atoms with Gasteiger partial charge < -0.3 is 4.57 Å². The molecule has 180 valence electrons. The van der Waals surface area contributed by atoms with Crippen molar-refractivity contribution in [2.45, 2.75) is 18.4 Å². The molecule has 6 nitrogen and oxygen atoms in total. The van der Waals surface area contributed by atoms with Crippen LogP contribution < -0.4 is 9.11 Å². The molecule has 1 amide bonds. The molecule has 0 bridgehead atoms. The molecule has 1 aromatic heterocycles. The van der Waals surface area contributed by atoms with Crippen LogP contribution in [0.5, 0.6) is 0 Å². The fourth-order valence-corrected chi connectivity index (χ4v) is 6.94. The zero-order valence-electron chi connectivity index (χ0n) is 18.7. The molecule has 10 heteroatoms. The maximum Gasteiger partial charge on any atom is 0.279 e. The van der Waals surface area contributed by atoms with E-state index in [2.05, 4.69) is 11.6 Å². The maximum atomic E-state index is 13.2. The molecule has 0 aliphatic carbocycles. The van der Waals surface area contributed by atoms with Crippen molar-refractivity contribution in [2.75, 3.05) is 10.8 Å². The van der Waals surface area contributed by atoms with Crippen LogP contribution in [-0.2, 0) is 16.6 Å². The molecule has 0 spiro atoms. The lowest BCUT2D eigenvalue weighted by atomic mass is 10.2. The van der Waals surface area contributed by atoms with Crippen LogP contribution in [0.15, 0.2) is 89.3 Å². The average Bonchev–Trinajstić information content (AvgIpc) is 3.17. The second-order valence-electron chi connectivity index (χ2n) is 7.46. The van der Waals surface area contributed by atoms with E-state index in [1.807, 2.05) is 6.07 Å². The van der Waals surface area contributed by atoms with Gasteiger partial charge in [0.2, 0.25) is 0 Å². The Morgan fingerprint density at radius 2 is 1.80 bits per heavy atom. The highest BCUT2D eigenvalue weighted by molar-refractivity contribution is 7.92. The van der Waals surface area contributed by atoms with E-state index in [1.165, 1.54) is 39.9 Å². The summed E-state index contributed by atoms with van der Waals surface area (Å²) in [5.41, 5.74) is 1.55. The summed E-state index contributed by atoms with van der Waals surface area (Å²) < 4.78 is 30.3. The third kappa shape index (κ3) is 5.06. The van der Waals surface area contributed by atoms with Gasteiger partial charge in [0.25, 0.3) is 15.9 Å². The number of nitrogens with zero attached hydrogens (tertiary/aromatic N) is 3. The molecule has 0 saturated carbocycles. The number of rotatable bonds is 7. The number of hydrogen-bond donors (Lipinski definition) is 0. The van der Waals surface area contributed by atoms with Crippen molar-refractivity contribution in [1.29, 1.82) is 0 Å². The number of para-hydroxylation sites is 1. The lowest BCUT2D eigenvalue weighted by Gasteiger charge is -2.22. The first-order valence-corrected chi connectivity index (χ1v) is 13.6. The fourth-order valence-electron chi connectivity index (χ4n) is 3.65. The molecule has 0 unspecified atom stereocenters. The number of allylic oxidation sites excluding steroid dienone is 1. The van der Waals surface area contributed by atoms with Crippen molar-refractivity contribution in [1.82, 2.24) is 4.57 Å². The Bertz CT molecular complexity index is 1580. The first-order valence-electron chi connectivity index (χ1n) is 10.6. The van der Waals surface area contributed by atoms with Gasteiger partial charge in [0, 0.05) is 23.7 Å². The number of carbonyl (C=O) groups excluding carboxylic acids is 1. The van der Waals surface area contributed by atoms with E-state index in [4.69, 9.17) is 23.2 Å². The number of sulfonamides is 1. The van der Waals surface area contributed by atoms with E-state index in [1.54, 1.807) is 54.0 Å². The van der Waals surface area contributed by atoms with Crippen molar-refractivity contribution in [3.05, 3.63) is 99.8 Å². The van der Waals surface area contributed by atoms with Gasteiger partial charge in [-0.3, -0.25) is 9.10 Å². The van der Waals surface area contributed by atoms with E-state index in [9.17, 15) is 13.2 Å². The van der Waals surface area contributed by atoms with Crippen molar-refractivity contribution in [2.24, 2.45) is 4.99 Å². The van der Waals surface area contributed by atoms with E-state index in [0.29, 0.717) is 27.1 Å². The molecule has 0 saturated heterocycles. The molecule has 3 aromatic carbocycles. The van der Waals surface area contributed by atoms with Gasteiger partial charge in [0.05, 0.1) is 25.8 Å².